The Hall–Kier alpha value is -3.69. The second kappa shape index (κ2) is 9.89. The number of hydrogen-bond donors (Lipinski definition) is 2. The molecule has 2 aromatic heterocycles. The summed E-state index contributed by atoms with van der Waals surface area (Å²) in [6.07, 6.45) is 2.04. The molecule has 0 saturated heterocycles. The van der Waals surface area contributed by atoms with Gasteiger partial charge < -0.3 is 15.0 Å². The molecule has 200 valence electrons. The molecular formula is C28H30F3N5O2. The average molecular weight is 526 g/mol. The Morgan fingerprint density at radius 3 is 2.55 bits per heavy atom. The van der Waals surface area contributed by atoms with Crippen LogP contribution in [-0.4, -0.2) is 42.8 Å². The van der Waals surface area contributed by atoms with E-state index in [-0.39, 0.29) is 36.4 Å². The van der Waals surface area contributed by atoms with Crippen LogP contribution in [0.2, 0.25) is 0 Å². The van der Waals surface area contributed by atoms with Crippen molar-refractivity contribution in [1.29, 1.82) is 0 Å². The lowest BCUT2D eigenvalue weighted by molar-refractivity contribution is -0.160. The lowest BCUT2D eigenvalue weighted by atomic mass is 9.96. The summed E-state index contributed by atoms with van der Waals surface area (Å²) in [5.74, 6) is -1.48. The minimum absolute atomic E-state index is 0.0622. The van der Waals surface area contributed by atoms with Gasteiger partial charge in [-0.3, -0.25) is 0 Å². The second-order valence-corrected chi connectivity index (χ2v) is 10.5. The van der Waals surface area contributed by atoms with Gasteiger partial charge in [-0.15, -0.1) is 0 Å². The fraction of sp³-hybridized carbons (Fsp3) is 0.429. The van der Waals surface area contributed by atoms with E-state index in [0.717, 1.165) is 24.0 Å². The number of alkyl halides is 3. The molecule has 0 radical (unpaired) electrons. The molecule has 7 nitrogen and oxygen atoms in total. The minimum atomic E-state index is -4.29. The molecule has 0 spiro atoms. The molecule has 2 heterocycles. The lowest BCUT2D eigenvalue weighted by Crippen LogP contribution is -2.22. The third kappa shape index (κ3) is 5.30. The normalized spacial score (nSPS) is 18.6. The smallest absolute Gasteiger partial charge is 0.395 e. The maximum absolute atomic E-state index is 13.2. The number of hydrogen-bond acceptors (Lipinski definition) is 5. The number of aromatic nitrogens is 4. The van der Waals surface area contributed by atoms with Gasteiger partial charge in [0.2, 0.25) is 5.82 Å². The highest BCUT2D eigenvalue weighted by Crippen LogP contribution is 2.37. The van der Waals surface area contributed by atoms with Gasteiger partial charge in [-0.25, -0.2) is 19.7 Å². The predicted molar refractivity (Wildman–Crippen MR) is 139 cm³/mol. The molecule has 0 amide bonds. The van der Waals surface area contributed by atoms with Gasteiger partial charge >= 0.3 is 12.1 Å². The fourth-order valence-electron chi connectivity index (χ4n) is 4.78. The first-order chi connectivity index (χ1) is 18.0. The van der Waals surface area contributed by atoms with E-state index in [0.29, 0.717) is 28.6 Å². The van der Waals surface area contributed by atoms with Crippen LogP contribution in [-0.2, 0) is 6.54 Å². The van der Waals surface area contributed by atoms with Crippen molar-refractivity contribution in [3.63, 3.8) is 0 Å². The zero-order valence-electron chi connectivity index (χ0n) is 21.5. The molecule has 3 aromatic rings. The number of carbonyl (C=O) groups is 1. The van der Waals surface area contributed by atoms with Crippen molar-refractivity contribution in [2.24, 2.45) is 11.8 Å². The van der Waals surface area contributed by atoms with E-state index < -0.39 is 18.1 Å². The van der Waals surface area contributed by atoms with Crippen molar-refractivity contribution in [3.8, 4) is 11.4 Å². The van der Waals surface area contributed by atoms with Crippen LogP contribution in [0.3, 0.4) is 0 Å². The summed E-state index contributed by atoms with van der Waals surface area (Å²) >= 11 is 0. The number of aromatic carboxylic acids is 1. The first-order valence-electron chi connectivity index (χ1n) is 12.8. The Labute approximate surface area is 218 Å². The van der Waals surface area contributed by atoms with Gasteiger partial charge in [0, 0.05) is 18.2 Å². The van der Waals surface area contributed by atoms with Gasteiger partial charge in [0.25, 0.3) is 0 Å². The van der Waals surface area contributed by atoms with Crippen molar-refractivity contribution < 1.29 is 23.1 Å². The molecule has 0 bridgehead atoms. The van der Waals surface area contributed by atoms with Crippen molar-refractivity contribution in [3.05, 3.63) is 59.5 Å². The number of benzene rings is 1. The quantitative estimate of drug-likeness (QED) is 0.345. The number of imidazole rings is 1. The van der Waals surface area contributed by atoms with Gasteiger partial charge in [-0.1, -0.05) is 50.3 Å². The molecule has 38 heavy (non-hydrogen) atoms. The molecule has 1 fully saturated rings. The van der Waals surface area contributed by atoms with Gasteiger partial charge in [-0.05, 0) is 55.2 Å². The Balaban J connectivity index is 1.66. The van der Waals surface area contributed by atoms with Crippen LogP contribution in [0, 0.1) is 11.8 Å². The van der Waals surface area contributed by atoms with Gasteiger partial charge in [0.1, 0.15) is 11.3 Å². The number of carboxylic acids is 1. The van der Waals surface area contributed by atoms with Crippen molar-refractivity contribution >= 4 is 23.0 Å². The van der Waals surface area contributed by atoms with Crippen LogP contribution in [0.15, 0.2) is 48.1 Å². The monoisotopic (exact) mass is 525 g/mol. The highest BCUT2D eigenvalue weighted by molar-refractivity contribution is 5.92. The number of allylic oxidation sites excluding steroid dienone is 4. The molecule has 5 rings (SSSR count). The summed E-state index contributed by atoms with van der Waals surface area (Å²) in [6, 6.07) is 7.97. The third-order valence-electron chi connectivity index (χ3n) is 7.24. The summed E-state index contributed by atoms with van der Waals surface area (Å²) in [7, 11) is 0. The van der Waals surface area contributed by atoms with Crippen molar-refractivity contribution in [2.45, 2.75) is 64.7 Å². The van der Waals surface area contributed by atoms with Gasteiger partial charge in [0.15, 0.2) is 11.5 Å². The standard InChI is InChI=1S/C28H30F3N5O2/c1-15(2)19-5-4-6-20(13-19)26-35-24-22(36(26)14-17-7-11-21(12-8-17)28(29,30)31)23(32-16(3)18-9-10-18)33-25(34-24)27(37)38/h4-8,11,13,15-16,18,21H,9-10,12,14H2,1-3H3,(H,37,38)(H,32,33,34)/t16-,21?/m1/s1. The zero-order chi connectivity index (χ0) is 27.2. The van der Waals surface area contributed by atoms with E-state index in [1.165, 1.54) is 12.2 Å². The molecule has 1 unspecified atom stereocenters. The number of anilines is 1. The van der Waals surface area contributed by atoms with E-state index in [4.69, 9.17) is 4.98 Å². The topological polar surface area (TPSA) is 92.9 Å². The summed E-state index contributed by atoms with van der Waals surface area (Å²) in [6.45, 7) is 6.44. The first kappa shape index (κ1) is 25.9. The predicted octanol–water partition coefficient (Wildman–Crippen LogP) is 6.59. The molecule has 2 aliphatic carbocycles. The van der Waals surface area contributed by atoms with Gasteiger partial charge in [0.05, 0.1) is 5.92 Å². The summed E-state index contributed by atoms with van der Waals surface area (Å²) in [4.78, 5) is 25.2. The molecule has 2 atom stereocenters. The second-order valence-electron chi connectivity index (χ2n) is 10.5. The van der Waals surface area contributed by atoms with Crippen LogP contribution in [0.25, 0.3) is 22.6 Å². The number of fused-ring (bicyclic) bond motifs is 1. The molecule has 2 N–H and O–H groups in total. The third-order valence-corrected chi connectivity index (χ3v) is 7.24. The number of nitrogens with one attached hydrogen (secondary N) is 1. The van der Waals surface area contributed by atoms with E-state index in [2.05, 4.69) is 29.1 Å². The molecule has 10 heteroatoms. The van der Waals surface area contributed by atoms with E-state index >= 15 is 0 Å². The van der Waals surface area contributed by atoms with Crippen LogP contribution in [0.5, 0.6) is 0 Å². The highest BCUT2D eigenvalue weighted by atomic mass is 19.4. The van der Waals surface area contributed by atoms with E-state index in [1.54, 1.807) is 6.08 Å². The Morgan fingerprint density at radius 2 is 1.95 bits per heavy atom. The lowest BCUT2D eigenvalue weighted by Gasteiger charge is -2.21. The van der Waals surface area contributed by atoms with Crippen LogP contribution >= 0.6 is 0 Å². The zero-order valence-corrected chi connectivity index (χ0v) is 21.5. The maximum atomic E-state index is 13.2. The number of carboxylic acid groups (broad SMARTS) is 1. The van der Waals surface area contributed by atoms with Crippen LogP contribution in [0.1, 0.15) is 62.1 Å². The summed E-state index contributed by atoms with van der Waals surface area (Å²) < 4.78 is 41.5. The Bertz CT molecular complexity index is 1440. The van der Waals surface area contributed by atoms with Crippen molar-refractivity contribution in [1.82, 2.24) is 19.5 Å². The van der Waals surface area contributed by atoms with Crippen LogP contribution < -0.4 is 5.32 Å². The summed E-state index contributed by atoms with van der Waals surface area (Å²) in [5.41, 5.74) is 3.36. The average Bonchev–Trinajstić information content (AvgIpc) is 3.66. The molecule has 1 aromatic carbocycles. The molecule has 1 saturated carbocycles. The van der Waals surface area contributed by atoms with E-state index in [9.17, 15) is 23.1 Å². The Kier molecular flexibility index (Phi) is 6.75. The van der Waals surface area contributed by atoms with Crippen LogP contribution in [0.4, 0.5) is 19.0 Å². The van der Waals surface area contributed by atoms with Crippen molar-refractivity contribution in [2.75, 3.05) is 5.32 Å². The SMILES string of the molecule is CC(C)c1cccc(-c2nc3nc(C(=O)O)nc(N[C@H](C)C4CC4)c3n2CC2=CCC(C(F)(F)F)C=C2)c1. The summed E-state index contributed by atoms with van der Waals surface area (Å²) in [5, 5.41) is 13.0. The largest absolute Gasteiger partial charge is 0.475 e. The molecule has 2 aliphatic rings. The highest BCUT2D eigenvalue weighted by Gasteiger charge is 2.38. The van der Waals surface area contributed by atoms with E-state index in [1.807, 2.05) is 35.8 Å². The first-order valence-corrected chi connectivity index (χ1v) is 12.8. The Morgan fingerprint density at radius 1 is 1.18 bits per heavy atom. The number of rotatable bonds is 8. The number of halogens is 3. The fourth-order valence-corrected chi connectivity index (χ4v) is 4.78. The molecule has 0 aliphatic heterocycles. The minimum Gasteiger partial charge on any atom is -0.475 e. The number of nitrogens with zero attached hydrogens (tertiary/aromatic N) is 4. The molecular weight excluding hydrogens is 495 g/mol. The maximum Gasteiger partial charge on any atom is 0.395 e. The van der Waals surface area contributed by atoms with Gasteiger partial charge in [-0.2, -0.15) is 13.2 Å².